The summed E-state index contributed by atoms with van der Waals surface area (Å²) in [5.41, 5.74) is 3.02. The maximum atomic E-state index is 12.4. The van der Waals surface area contributed by atoms with E-state index in [1.54, 1.807) is 35.2 Å². The van der Waals surface area contributed by atoms with Crippen molar-refractivity contribution in [2.45, 2.75) is 13.3 Å². The van der Waals surface area contributed by atoms with Gasteiger partial charge >= 0.3 is 0 Å². The maximum absolute atomic E-state index is 12.4. The minimum absolute atomic E-state index is 0.0585. The largest absolute Gasteiger partial charge is 0.312 e. The van der Waals surface area contributed by atoms with Crippen LogP contribution in [0, 0.1) is 0 Å². The molecule has 1 aliphatic rings. The predicted octanol–water partition coefficient (Wildman–Crippen LogP) is 3.48. The van der Waals surface area contributed by atoms with Crippen LogP contribution in [0.2, 0.25) is 5.02 Å². The van der Waals surface area contributed by atoms with Gasteiger partial charge < -0.3 is 4.90 Å². The number of carbonyl (C=O) groups excluding carboxylic acids is 2. The van der Waals surface area contributed by atoms with Crippen molar-refractivity contribution in [3.63, 3.8) is 0 Å². The molecule has 0 spiro atoms. The molecule has 0 aromatic heterocycles. The van der Waals surface area contributed by atoms with Crippen LogP contribution in [0.1, 0.15) is 28.4 Å². The van der Waals surface area contributed by atoms with Gasteiger partial charge in [-0.25, -0.2) is 0 Å². The molecule has 0 radical (unpaired) electrons. The summed E-state index contributed by atoms with van der Waals surface area (Å²) in [6, 6.07) is 12.3. The average Bonchev–Trinajstić information content (AvgIpc) is 2.81. The fourth-order valence-electron chi connectivity index (χ4n) is 2.64. The van der Waals surface area contributed by atoms with E-state index in [1.165, 1.54) is 0 Å². The van der Waals surface area contributed by atoms with E-state index in [1.807, 2.05) is 19.1 Å². The summed E-state index contributed by atoms with van der Waals surface area (Å²) >= 11 is 5.83. The van der Waals surface area contributed by atoms with E-state index in [2.05, 4.69) is 0 Å². The van der Waals surface area contributed by atoms with Gasteiger partial charge in [-0.2, -0.15) is 0 Å². The SMILES string of the molecule is CCN1C(=O)Cc2cc(C(=O)c3ccc(Cl)cc3)ccc21. The van der Waals surface area contributed by atoms with Crippen LogP contribution >= 0.6 is 11.6 Å². The number of halogens is 1. The summed E-state index contributed by atoms with van der Waals surface area (Å²) in [4.78, 5) is 26.1. The lowest BCUT2D eigenvalue weighted by molar-refractivity contribution is -0.117. The number of carbonyl (C=O) groups is 2. The summed E-state index contributed by atoms with van der Waals surface area (Å²) in [6.45, 7) is 2.59. The molecule has 0 atom stereocenters. The second kappa shape index (κ2) is 5.34. The Bertz CT molecular complexity index is 722. The number of nitrogens with zero attached hydrogens (tertiary/aromatic N) is 1. The van der Waals surface area contributed by atoms with E-state index in [0.29, 0.717) is 29.1 Å². The number of benzene rings is 2. The molecule has 0 unspecified atom stereocenters. The van der Waals surface area contributed by atoms with E-state index in [4.69, 9.17) is 11.6 Å². The number of fused-ring (bicyclic) bond motifs is 1. The van der Waals surface area contributed by atoms with Crippen LogP contribution in [0.5, 0.6) is 0 Å². The Balaban J connectivity index is 1.95. The first-order chi connectivity index (χ1) is 10.1. The fraction of sp³-hybridized carbons (Fsp3) is 0.176. The standard InChI is InChI=1S/C17H14ClNO2/c1-2-19-15-8-5-12(9-13(15)10-16(19)20)17(21)11-3-6-14(18)7-4-11/h3-9H,2,10H2,1H3. The van der Waals surface area contributed by atoms with Gasteiger partial charge in [-0.05, 0) is 55.0 Å². The second-order valence-electron chi connectivity index (χ2n) is 4.99. The summed E-state index contributed by atoms with van der Waals surface area (Å²) in [7, 11) is 0. The molecule has 2 aromatic rings. The van der Waals surface area contributed by atoms with Crippen LogP contribution in [-0.4, -0.2) is 18.2 Å². The Hall–Kier alpha value is -2.13. The summed E-state index contributed by atoms with van der Waals surface area (Å²) in [6.07, 6.45) is 0.366. The lowest BCUT2D eigenvalue weighted by atomic mass is 10.0. The molecule has 4 heteroatoms. The first kappa shape index (κ1) is 13.8. The van der Waals surface area contributed by atoms with Gasteiger partial charge in [-0.1, -0.05) is 11.6 Å². The highest BCUT2D eigenvalue weighted by Crippen LogP contribution is 2.30. The molecule has 0 aliphatic carbocycles. The molecule has 21 heavy (non-hydrogen) atoms. The van der Waals surface area contributed by atoms with Crippen molar-refractivity contribution >= 4 is 29.0 Å². The first-order valence-electron chi connectivity index (χ1n) is 6.83. The molecule has 0 fully saturated rings. The monoisotopic (exact) mass is 299 g/mol. The molecule has 0 N–H and O–H groups in total. The Labute approximate surface area is 128 Å². The maximum Gasteiger partial charge on any atom is 0.231 e. The molecule has 1 amide bonds. The van der Waals surface area contributed by atoms with Crippen molar-refractivity contribution in [2.24, 2.45) is 0 Å². The molecule has 0 saturated heterocycles. The third-order valence-electron chi connectivity index (χ3n) is 3.70. The number of rotatable bonds is 3. The van der Waals surface area contributed by atoms with Crippen molar-refractivity contribution in [3.8, 4) is 0 Å². The van der Waals surface area contributed by atoms with Crippen molar-refractivity contribution in [1.82, 2.24) is 0 Å². The normalized spacial score (nSPS) is 13.4. The number of anilines is 1. The van der Waals surface area contributed by atoms with Gasteiger partial charge in [0, 0.05) is 28.4 Å². The summed E-state index contributed by atoms with van der Waals surface area (Å²) in [5, 5.41) is 0.602. The Morgan fingerprint density at radius 1 is 1.14 bits per heavy atom. The van der Waals surface area contributed by atoms with Gasteiger partial charge in [-0.15, -0.1) is 0 Å². The topological polar surface area (TPSA) is 37.4 Å². The van der Waals surface area contributed by atoms with Crippen LogP contribution < -0.4 is 4.90 Å². The Morgan fingerprint density at radius 3 is 2.48 bits per heavy atom. The summed E-state index contributed by atoms with van der Waals surface area (Å²) < 4.78 is 0. The van der Waals surface area contributed by atoms with Crippen molar-refractivity contribution in [3.05, 3.63) is 64.2 Å². The zero-order chi connectivity index (χ0) is 15.0. The van der Waals surface area contributed by atoms with Gasteiger partial charge in [0.1, 0.15) is 0 Å². The molecule has 0 bridgehead atoms. The van der Waals surface area contributed by atoms with E-state index in [9.17, 15) is 9.59 Å². The van der Waals surface area contributed by atoms with Crippen LogP contribution in [-0.2, 0) is 11.2 Å². The average molecular weight is 300 g/mol. The first-order valence-corrected chi connectivity index (χ1v) is 7.21. The minimum Gasteiger partial charge on any atom is -0.312 e. The Kier molecular flexibility index (Phi) is 3.52. The van der Waals surface area contributed by atoms with Gasteiger partial charge in [0.15, 0.2) is 5.78 Å². The molecule has 2 aromatic carbocycles. The Morgan fingerprint density at radius 2 is 1.81 bits per heavy atom. The fourth-order valence-corrected chi connectivity index (χ4v) is 2.76. The lowest BCUT2D eigenvalue weighted by Crippen LogP contribution is -2.25. The van der Waals surface area contributed by atoms with Gasteiger partial charge in [0.05, 0.1) is 6.42 Å². The van der Waals surface area contributed by atoms with E-state index in [0.717, 1.165) is 11.3 Å². The van der Waals surface area contributed by atoms with Crippen LogP contribution in [0.15, 0.2) is 42.5 Å². The molecular formula is C17H14ClNO2. The van der Waals surface area contributed by atoms with Gasteiger partial charge in [-0.3, -0.25) is 9.59 Å². The molecule has 3 nitrogen and oxygen atoms in total. The number of likely N-dealkylation sites (N-methyl/N-ethyl adjacent to an activating group) is 1. The predicted molar refractivity (Wildman–Crippen MR) is 83.1 cm³/mol. The highest BCUT2D eigenvalue weighted by Gasteiger charge is 2.26. The zero-order valence-corrected chi connectivity index (χ0v) is 12.4. The molecule has 0 saturated carbocycles. The number of hydrogen-bond donors (Lipinski definition) is 0. The molecule has 1 aliphatic heterocycles. The quantitative estimate of drug-likeness (QED) is 0.814. The van der Waals surface area contributed by atoms with Crippen LogP contribution in [0.4, 0.5) is 5.69 Å². The van der Waals surface area contributed by atoms with Crippen molar-refractivity contribution in [1.29, 1.82) is 0 Å². The molecule has 106 valence electrons. The van der Waals surface area contributed by atoms with Crippen molar-refractivity contribution in [2.75, 3.05) is 11.4 Å². The van der Waals surface area contributed by atoms with Crippen LogP contribution in [0.25, 0.3) is 0 Å². The van der Waals surface area contributed by atoms with Crippen molar-refractivity contribution < 1.29 is 9.59 Å². The number of hydrogen-bond acceptors (Lipinski definition) is 2. The van der Waals surface area contributed by atoms with E-state index < -0.39 is 0 Å². The van der Waals surface area contributed by atoms with Gasteiger partial charge in [0.25, 0.3) is 0 Å². The molecule has 3 rings (SSSR count). The molecular weight excluding hydrogens is 286 g/mol. The van der Waals surface area contributed by atoms with E-state index >= 15 is 0 Å². The third kappa shape index (κ3) is 2.45. The second-order valence-corrected chi connectivity index (χ2v) is 5.43. The molecule has 1 heterocycles. The number of ketones is 1. The van der Waals surface area contributed by atoms with E-state index in [-0.39, 0.29) is 11.7 Å². The highest BCUT2D eigenvalue weighted by molar-refractivity contribution is 6.30. The smallest absolute Gasteiger partial charge is 0.231 e. The number of amides is 1. The van der Waals surface area contributed by atoms with Gasteiger partial charge in [0.2, 0.25) is 5.91 Å². The zero-order valence-electron chi connectivity index (χ0n) is 11.6. The minimum atomic E-state index is -0.0585. The summed E-state index contributed by atoms with van der Waals surface area (Å²) in [5.74, 6) is 0.0282. The lowest BCUT2D eigenvalue weighted by Gasteiger charge is -2.14. The highest BCUT2D eigenvalue weighted by atomic mass is 35.5. The van der Waals surface area contributed by atoms with Crippen LogP contribution in [0.3, 0.4) is 0 Å². The third-order valence-corrected chi connectivity index (χ3v) is 3.95.